The van der Waals surface area contributed by atoms with Gasteiger partial charge in [-0.3, -0.25) is 9.69 Å². The molecule has 0 saturated carbocycles. The molecule has 3 aliphatic rings. The normalized spacial score (nSPS) is 23.4. The van der Waals surface area contributed by atoms with Crippen LogP contribution in [-0.2, 0) is 17.8 Å². The van der Waals surface area contributed by atoms with Crippen molar-refractivity contribution in [1.82, 2.24) is 19.8 Å². The summed E-state index contributed by atoms with van der Waals surface area (Å²) in [7, 11) is 2.19. The van der Waals surface area contributed by atoms with Gasteiger partial charge in [0.15, 0.2) is 0 Å². The lowest BCUT2D eigenvalue weighted by atomic mass is 9.92. The van der Waals surface area contributed by atoms with E-state index in [2.05, 4.69) is 84.6 Å². The number of piperidine rings is 1. The molecule has 1 amide bonds. The molecule has 2 saturated heterocycles. The number of anilines is 2. The molecule has 2 fully saturated rings. The number of likely N-dealkylation sites (N-methyl/N-ethyl adjacent to an activating group) is 1. The van der Waals surface area contributed by atoms with Gasteiger partial charge in [-0.15, -0.1) is 0 Å². The number of aromatic nitrogens is 2. The number of hydrogen-bond acceptors (Lipinski definition) is 7. The van der Waals surface area contributed by atoms with Crippen molar-refractivity contribution < 1.29 is 9.53 Å². The smallest absolute Gasteiger partial charge is 0.318 e. The zero-order chi connectivity index (χ0) is 28.5. The van der Waals surface area contributed by atoms with Crippen molar-refractivity contribution in [2.75, 3.05) is 56.2 Å². The van der Waals surface area contributed by atoms with E-state index >= 15 is 0 Å². The van der Waals surface area contributed by atoms with E-state index < -0.39 is 0 Å². The maximum atomic E-state index is 12.3. The molecule has 0 bridgehead atoms. The number of hydrogen-bond donors (Lipinski definition) is 0. The molecule has 8 heteroatoms. The molecule has 0 radical (unpaired) electrons. The van der Waals surface area contributed by atoms with Crippen LogP contribution in [0.15, 0.2) is 55.1 Å². The van der Waals surface area contributed by atoms with E-state index in [4.69, 9.17) is 14.7 Å². The van der Waals surface area contributed by atoms with E-state index in [0.29, 0.717) is 44.2 Å². The molecule has 0 unspecified atom stereocenters. The largest absolute Gasteiger partial charge is 0.462 e. The van der Waals surface area contributed by atoms with Crippen LogP contribution in [0.3, 0.4) is 0 Å². The second kappa shape index (κ2) is 11.7. The van der Waals surface area contributed by atoms with E-state index in [-0.39, 0.29) is 11.9 Å². The number of fused-ring (bicyclic) bond motifs is 2. The molecular formula is C33H42N6O2. The van der Waals surface area contributed by atoms with Crippen molar-refractivity contribution in [3.05, 3.63) is 66.4 Å². The van der Waals surface area contributed by atoms with Crippen molar-refractivity contribution in [3.63, 3.8) is 0 Å². The quantitative estimate of drug-likeness (QED) is 0.415. The van der Waals surface area contributed by atoms with Gasteiger partial charge in [-0.2, -0.15) is 9.97 Å². The van der Waals surface area contributed by atoms with Crippen molar-refractivity contribution in [3.8, 4) is 6.01 Å². The first-order valence-electron chi connectivity index (χ1n) is 15.1. The van der Waals surface area contributed by atoms with Crippen LogP contribution in [0.1, 0.15) is 37.9 Å². The molecule has 41 heavy (non-hydrogen) atoms. The number of carbonyl (C=O) groups excluding carboxylic acids is 1. The maximum absolute atomic E-state index is 12.3. The van der Waals surface area contributed by atoms with E-state index in [1.165, 1.54) is 40.9 Å². The minimum Gasteiger partial charge on any atom is -0.462 e. The highest BCUT2D eigenvalue weighted by Crippen LogP contribution is 2.35. The Kier molecular flexibility index (Phi) is 7.84. The second-order valence-corrected chi connectivity index (χ2v) is 11.9. The zero-order valence-electron chi connectivity index (χ0n) is 24.6. The standard InChI is InChI=1S/C33H42N6O2/c1-5-31(40)38-18-19-39(24(3)20-38)32-27-15-17-37(29-14-8-12-25-11-6-7-13-26(25)29)21-28(27)34-33(35-32)41-22-30-23(2)10-9-16-36(30)4/h5-8,11-14,23-24,30H,1,9-10,15-22H2,2-4H3/t23-,24-,30-/m1/s1. The third kappa shape index (κ3) is 5.49. The molecule has 8 nitrogen and oxygen atoms in total. The zero-order valence-corrected chi connectivity index (χ0v) is 24.6. The molecule has 1 aromatic heterocycles. The van der Waals surface area contributed by atoms with Crippen LogP contribution in [0.4, 0.5) is 11.5 Å². The summed E-state index contributed by atoms with van der Waals surface area (Å²) >= 11 is 0. The van der Waals surface area contributed by atoms with Crippen molar-refractivity contribution in [2.45, 2.75) is 51.7 Å². The van der Waals surface area contributed by atoms with Gasteiger partial charge in [-0.05, 0) is 63.2 Å². The van der Waals surface area contributed by atoms with Crippen molar-refractivity contribution in [1.29, 1.82) is 0 Å². The number of amides is 1. The Labute approximate surface area is 243 Å². The monoisotopic (exact) mass is 554 g/mol. The van der Waals surface area contributed by atoms with E-state index in [1.807, 2.05) is 4.90 Å². The minimum absolute atomic E-state index is 0.0123. The summed E-state index contributed by atoms with van der Waals surface area (Å²) in [4.78, 5) is 31.5. The van der Waals surface area contributed by atoms with Crippen LogP contribution in [0.25, 0.3) is 10.8 Å². The summed E-state index contributed by atoms with van der Waals surface area (Å²) in [6, 6.07) is 16.0. The van der Waals surface area contributed by atoms with Crippen LogP contribution < -0.4 is 14.5 Å². The lowest BCUT2D eigenvalue weighted by molar-refractivity contribution is -0.126. The summed E-state index contributed by atoms with van der Waals surface area (Å²) < 4.78 is 6.42. The highest BCUT2D eigenvalue weighted by atomic mass is 16.5. The first-order chi connectivity index (χ1) is 19.9. The number of ether oxygens (including phenoxy) is 1. The lowest BCUT2D eigenvalue weighted by Crippen LogP contribution is -2.54. The molecule has 0 N–H and O–H groups in total. The Morgan fingerprint density at radius 2 is 1.90 bits per heavy atom. The Hall–Kier alpha value is -3.65. The maximum Gasteiger partial charge on any atom is 0.318 e. The van der Waals surface area contributed by atoms with Gasteiger partial charge in [-0.25, -0.2) is 0 Å². The third-order valence-corrected chi connectivity index (χ3v) is 9.29. The van der Waals surface area contributed by atoms with Gasteiger partial charge in [0.1, 0.15) is 12.4 Å². The average molecular weight is 555 g/mol. The van der Waals surface area contributed by atoms with E-state index in [0.717, 1.165) is 37.6 Å². The van der Waals surface area contributed by atoms with Crippen molar-refractivity contribution >= 4 is 28.2 Å². The number of carbonyl (C=O) groups is 1. The first kappa shape index (κ1) is 27.5. The topological polar surface area (TPSA) is 65.0 Å². The van der Waals surface area contributed by atoms with Gasteiger partial charge < -0.3 is 19.4 Å². The summed E-state index contributed by atoms with van der Waals surface area (Å²) in [5, 5.41) is 2.50. The van der Waals surface area contributed by atoms with Gasteiger partial charge in [0.25, 0.3) is 0 Å². The Morgan fingerprint density at radius 3 is 2.71 bits per heavy atom. The fourth-order valence-electron chi connectivity index (χ4n) is 6.89. The molecule has 3 atom stereocenters. The molecule has 3 aromatic rings. The molecule has 2 aromatic carbocycles. The first-order valence-corrected chi connectivity index (χ1v) is 15.1. The van der Waals surface area contributed by atoms with Crippen LogP contribution in [0.2, 0.25) is 0 Å². The number of rotatable bonds is 6. The molecule has 3 aliphatic heterocycles. The predicted octanol–water partition coefficient (Wildman–Crippen LogP) is 4.52. The minimum atomic E-state index is -0.0123. The summed E-state index contributed by atoms with van der Waals surface area (Å²) in [5.74, 6) is 1.52. The molecular weight excluding hydrogens is 512 g/mol. The number of likely N-dealkylation sites (tertiary alicyclic amines) is 1. The average Bonchev–Trinajstić information content (AvgIpc) is 2.99. The molecule has 0 spiro atoms. The molecule has 0 aliphatic carbocycles. The highest BCUT2D eigenvalue weighted by molar-refractivity contribution is 5.94. The lowest BCUT2D eigenvalue weighted by Gasteiger charge is -2.42. The van der Waals surface area contributed by atoms with Crippen LogP contribution in [0.5, 0.6) is 6.01 Å². The van der Waals surface area contributed by atoms with Gasteiger partial charge in [0, 0.05) is 54.9 Å². The Balaban J connectivity index is 1.32. The van der Waals surface area contributed by atoms with Crippen molar-refractivity contribution in [2.24, 2.45) is 5.92 Å². The van der Waals surface area contributed by atoms with Crippen LogP contribution in [0, 0.1) is 5.92 Å². The Bertz CT molecular complexity index is 1410. The van der Waals surface area contributed by atoms with Gasteiger partial charge in [0.05, 0.1) is 12.2 Å². The fraction of sp³-hybridized carbons (Fsp3) is 0.485. The van der Waals surface area contributed by atoms with Crippen LogP contribution >= 0.6 is 0 Å². The highest BCUT2D eigenvalue weighted by Gasteiger charge is 2.33. The molecule has 216 valence electrons. The molecule has 4 heterocycles. The summed E-state index contributed by atoms with van der Waals surface area (Å²) in [6.07, 6.45) is 4.72. The number of nitrogens with zero attached hydrogens (tertiary/aromatic N) is 6. The van der Waals surface area contributed by atoms with E-state index in [9.17, 15) is 4.79 Å². The van der Waals surface area contributed by atoms with Gasteiger partial charge >= 0.3 is 6.01 Å². The molecule has 6 rings (SSSR count). The summed E-state index contributed by atoms with van der Waals surface area (Å²) in [6.45, 7) is 13.5. The summed E-state index contributed by atoms with van der Waals surface area (Å²) in [5.41, 5.74) is 3.47. The third-order valence-electron chi connectivity index (χ3n) is 9.29. The fourth-order valence-corrected chi connectivity index (χ4v) is 6.89. The second-order valence-electron chi connectivity index (χ2n) is 11.9. The number of benzene rings is 2. The van der Waals surface area contributed by atoms with Gasteiger partial charge in [0.2, 0.25) is 5.91 Å². The van der Waals surface area contributed by atoms with Crippen LogP contribution in [-0.4, -0.2) is 84.1 Å². The number of piperazine rings is 1. The predicted molar refractivity (Wildman–Crippen MR) is 165 cm³/mol. The van der Waals surface area contributed by atoms with Gasteiger partial charge in [-0.1, -0.05) is 49.9 Å². The Morgan fingerprint density at radius 1 is 1.07 bits per heavy atom. The SMILES string of the molecule is C=CC(=O)N1CCN(c2nc(OC[C@@H]3[C@H](C)CCCN3C)nc3c2CCN(c2cccc4ccccc24)C3)[C@H](C)C1. The van der Waals surface area contributed by atoms with E-state index in [1.54, 1.807) is 0 Å².